The average molecular weight is 638 g/mol. The van der Waals surface area contributed by atoms with E-state index in [1.54, 1.807) is 12.0 Å². The van der Waals surface area contributed by atoms with Crippen molar-refractivity contribution in [1.82, 2.24) is 19.8 Å². The van der Waals surface area contributed by atoms with Gasteiger partial charge in [0, 0.05) is 56.0 Å². The van der Waals surface area contributed by atoms with Crippen LogP contribution in [-0.4, -0.2) is 96.8 Å². The lowest BCUT2D eigenvalue weighted by atomic mass is 9.88. The maximum Gasteiger partial charge on any atom is 0.318 e. The average Bonchev–Trinajstić information content (AvgIpc) is 3.05. The van der Waals surface area contributed by atoms with Crippen molar-refractivity contribution in [3.05, 3.63) is 65.9 Å². The van der Waals surface area contributed by atoms with Crippen LogP contribution in [-0.2, 0) is 22.5 Å². The molecule has 3 aliphatic rings. The molecule has 2 aliphatic heterocycles. The third-order valence-electron chi connectivity index (χ3n) is 10.5. The Morgan fingerprint density at radius 3 is 2.64 bits per heavy atom. The zero-order valence-electron chi connectivity index (χ0n) is 28.2. The number of carbonyl (C=O) groups is 1. The third-order valence-corrected chi connectivity index (χ3v) is 10.5. The minimum Gasteiger partial charge on any atom is -0.461 e. The lowest BCUT2D eigenvalue weighted by Gasteiger charge is -2.46. The fourth-order valence-corrected chi connectivity index (χ4v) is 7.42. The standard InChI is InChI=1S/C37H47N7O3/c1-6-33(45)44-21-20-43(22-29(44)16-18-38)35-30-17-19-42(32-15-8-12-27-11-7-10-26(2)34(27)32)23-31(30)39-36(40-35)47-25-37(3,24-46-5)41(4)28-13-9-14-28/h6-8,10-12,15,28-29H,1,9,13-14,16-17,19-25H2,2-5H3/t29-,37?/m0/s1. The monoisotopic (exact) mass is 637 g/mol. The summed E-state index contributed by atoms with van der Waals surface area (Å²) in [5.41, 5.74) is 4.16. The van der Waals surface area contributed by atoms with Gasteiger partial charge in [-0.15, -0.1) is 0 Å². The largest absolute Gasteiger partial charge is 0.461 e. The van der Waals surface area contributed by atoms with Crippen LogP contribution in [0, 0.1) is 18.3 Å². The van der Waals surface area contributed by atoms with E-state index in [9.17, 15) is 10.1 Å². The summed E-state index contributed by atoms with van der Waals surface area (Å²) < 4.78 is 12.2. The number of nitriles is 1. The van der Waals surface area contributed by atoms with E-state index in [0.717, 1.165) is 30.0 Å². The Morgan fingerprint density at radius 1 is 1.15 bits per heavy atom. The van der Waals surface area contributed by atoms with Crippen molar-refractivity contribution < 1.29 is 14.3 Å². The molecule has 10 nitrogen and oxygen atoms in total. The number of hydrogen-bond acceptors (Lipinski definition) is 9. The molecule has 1 saturated heterocycles. The van der Waals surface area contributed by atoms with Gasteiger partial charge in [0.25, 0.3) is 0 Å². The molecule has 0 N–H and O–H groups in total. The Morgan fingerprint density at radius 2 is 1.94 bits per heavy atom. The number of fused-ring (bicyclic) bond motifs is 2. The fraction of sp³-hybridized carbons (Fsp3) is 0.514. The molecule has 0 bridgehead atoms. The number of benzene rings is 2. The third kappa shape index (κ3) is 6.52. The second kappa shape index (κ2) is 13.9. The summed E-state index contributed by atoms with van der Waals surface area (Å²) in [5.74, 6) is 0.695. The van der Waals surface area contributed by atoms with E-state index in [1.165, 1.54) is 47.4 Å². The number of amides is 1. The van der Waals surface area contributed by atoms with Crippen LogP contribution in [0.1, 0.15) is 49.4 Å². The lowest BCUT2D eigenvalue weighted by molar-refractivity contribution is -0.128. The van der Waals surface area contributed by atoms with Gasteiger partial charge in [-0.3, -0.25) is 9.69 Å². The van der Waals surface area contributed by atoms with Gasteiger partial charge in [0.15, 0.2) is 0 Å². The van der Waals surface area contributed by atoms with Gasteiger partial charge < -0.3 is 24.2 Å². The molecule has 0 spiro atoms. The SMILES string of the molecule is C=CC(=O)N1CCN(c2nc(OCC(C)(COC)N(C)C3CCC3)nc3c2CCN(c2cccc4cccc(C)c24)C3)C[C@@H]1CC#N. The Bertz CT molecular complexity index is 1660. The summed E-state index contributed by atoms with van der Waals surface area (Å²) in [6.07, 6.45) is 5.96. The van der Waals surface area contributed by atoms with E-state index in [-0.39, 0.29) is 23.9 Å². The van der Waals surface area contributed by atoms with Crippen molar-refractivity contribution in [2.24, 2.45) is 0 Å². The molecule has 3 aromatic rings. The van der Waals surface area contributed by atoms with Gasteiger partial charge in [-0.1, -0.05) is 43.3 Å². The van der Waals surface area contributed by atoms with Gasteiger partial charge in [-0.05, 0) is 63.2 Å². The molecule has 1 unspecified atom stereocenters. The Kier molecular flexibility index (Phi) is 9.67. The maximum atomic E-state index is 12.6. The molecule has 2 fully saturated rings. The van der Waals surface area contributed by atoms with E-state index >= 15 is 0 Å². The predicted octanol–water partition coefficient (Wildman–Crippen LogP) is 4.89. The predicted molar refractivity (Wildman–Crippen MR) is 185 cm³/mol. The maximum absolute atomic E-state index is 12.6. The minimum absolute atomic E-state index is 0.146. The molecular formula is C37H47N7O3. The van der Waals surface area contributed by atoms with Gasteiger partial charge in [0.1, 0.15) is 12.4 Å². The molecule has 248 valence electrons. The van der Waals surface area contributed by atoms with Crippen molar-refractivity contribution in [3.63, 3.8) is 0 Å². The van der Waals surface area contributed by atoms with Crippen molar-refractivity contribution in [2.45, 2.75) is 70.1 Å². The molecule has 10 heteroatoms. The number of anilines is 2. The first-order valence-electron chi connectivity index (χ1n) is 16.8. The van der Waals surface area contributed by atoms with Gasteiger partial charge in [0.2, 0.25) is 5.91 Å². The van der Waals surface area contributed by atoms with Crippen LogP contribution in [0.2, 0.25) is 0 Å². The Hall–Kier alpha value is -4.20. The van der Waals surface area contributed by atoms with Crippen LogP contribution in [0.4, 0.5) is 11.5 Å². The molecule has 3 heterocycles. The minimum atomic E-state index is -0.347. The lowest BCUT2D eigenvalue weighted by Crippen LogP contribution is -2.57. The van der Waals surface area contributed by atoms with E-state index in [4.69, 9.17) is 19.4 Å². The summed E-state index contributed by atoms with van der Waals surface area (Å²) in [7, 11) is 3.90. The van der Waals surface area contributed by atoms with Crippen molar-refractivity contribution >= 4 is 28.2 Å². The fourth-order valence-electron chi connectivity index (χ4n) is 7.42. The Labute approximate surface area is 278 Å². The van der Waals surface area contributed by atoms with Crippen LogP contribution in [0.25, 0.3) is 10.8 Å². The second-order valence-electron chi connectivity index (χ2n) is 13.5. The zero-order valence-corrected chi connectivity index (χ0v) is 28.2. The summed E-state index contributed by atoms with van der Waals surface area (Å²) in [6, 6.07) is 15.8. The van der Waals surface area contributed by atoms with Crippen molar-refractivity contribution in [3.8, 4) is 12.1 Å². The second-order valence-corrected chi connectivity index (χ2v) is 13.5. The Balaban J connectivity index is 1.35. The normalized spacial score (nSPS) is 19.6. The van der Waals surface area contributed by atoms with E-state index in [0.29, 0.717) is 51.4 Å². The molecule has 47 heavy (non-hydrogen) atoms. The number of carbonyl (C=O) groups excluding carboxylic acids is 1. The first-order chi connectivity index (χ1) is 22.8. The molecule has 6 rings (SSSR count). The van der Waals surface area contributed by atoms with Crippen LogP contribution in [0.3, 0.4) is 0 Å². The first-order valence-corrected chi connectivity index (χ1v) is 16.8. The van der Waals surface area contributed by atoms with Crippen LogP contribution < -0.4 is 14.5 Å². The highest BCUT2D eigenvalue weighted by Crippen LogP contribution is 2.36. The van der Waals surface area contributed by atoms with Gasteiger partial charge in [-0.25, -0.2) is 0 Å². The number of rotatable bonds is 11. The number of ether oxygens (including phenoxy) is 2. The van der Waals surface area contributed by atoms with Gasteiger partial charge in [-0.2, -0.15) is 15.2 Å². The molecule has 1 aliphatic carbocycles. The number of aromatic nitrogens is 2. The number of piperazine rings is 1. The van der Waals surface area contributed by atoms with Crippen LogP contribution >= 0.6 is 0 Å². The van der Waals surface area contributed by atoms with Crippen molar-refractivity contribution in [1.29, 1.82) is 5.26 Å². The summed E-state index contributed by atoms with van der Waals surface area (Å²) in [4.78, 5) is 31.6. The number of nitrogens with zero attached hydrogens (tertiary/aromatic N) is 7. The summed E-state index contributed by atoms with van der Waals surface area (Å²) >= 11 is 0. The van der Waals surface area contributed by atoms with E-state index in [1.807, 2.05) is 0 Å². The highest BCUT2D eigenvalue weighted by molar-refractivity contribution is 5.97. The summed E-state index contributed by atoms with van der Waals surface area (Å²) in [5, 5.41) is 12.1. The first kappa shape index (κ1) is 32.7. The van der Waals surface area contributed by atoms with Crippen LogP contribution in [0.5, 0.6) is 6.01 Å². The number of methoxy groups -OCH3 is 1. The zero-order chi connectivity index (χ0) is 33.1. The van der Waals surface area contributed by atoms with Gasteiger partial charge >= 0.3 is 6.01 Å². The molecule has 0 radical (unpaired) electrons. The quantitative estimate of drug-likeness (QED) is 0.272. The highest BCUT2D eigenvalue weighted by atomic mass is 16.5. The molecule has 1 amide bonds. The topological polar surface area (TPSA) is 98.1 Å². The molecular weight excluding hydrogens is 590 g/mol. The smallest absolute Gasteiger partial charge is 0.318 e. The molecule has 1 aromatic heterocycles. The number of hydrogen-bond donors (Lipinski definition) is 0. The van der Waals surface area contributed by atoms with Gasteiger partial charge in [0.05, 0.1) is 42.9 Å². The van der Waals surface area contributed by atoms with Crippen molar-refractivity contribution in [2.75, 3.05) is 63.4 Å². The number of likely N-dealkylation sites (N-methyl/N-ethyl adjacent to an activating group) is 1. The van der Waals surface area contributed by atoms with E-state index in [2.05, 4.69) is 84.6 Å². The molecule has 2 aromatic carbocycles. The highest BCUT2D eigenvalue weighted by Gasteiger charge is 2.38. The molecule has 2 atom stereocenters. The molecule has 1 saturated carbocycles. The summed E-state index contributed by atoms with van der Waals surface area (Å²) in [6.45, 7) is 12.0. The number of aryl methyl sites for hydroxylation is 1. The van der Waals surface area contributed by atoms with Crippen LogP contribution in [0.15, 0.2) is 49.1 Å². The van der Waals surface area contributed by atoms with E-state index < -0.39 is 0 Å².